The quantitative estimate of drug-likeness (QED) is 0.891. The van der Waals surface area contributed by atoms with Crippen LogP contribution in [0.1, 0.15) is 5.56 Å². The number of hydrogen-bond acceptors (Lipinski definition) is 5. The van der Waals surface area contributed by atoms with E-state index in [-0.39, 0.29) is 17.7 Å². The highest BCUT2D eigenvalue weighted by Crippen LogP contribution is 2.35. The average Bonchev–Trinajstić information content (AvgIpc) is 2.87. The molecular weight excluding hydrogens is 338 g/mol. The van der Waals surface area contributed by atoms with Crippen LogP contribution in [0.4, 0.5) is 16.2 Å². The van der Waals surface area contributed by atoms with E-state index in [0.29, 0.717) is 11.4 Å². The Morgan fingerprint density at radius 1 is 1.16 bits per heavy atom. The molecule has 2 N–H and O–H groups in total. The molecule has 1 saturated heterocycles. The molecule has 7 heteroatoms. The van der Waals surface area contributed by atoms with Crippen LogP contribution in [0.5, 0.6) is 0 Å². The van der Waals surface area contributed by atoms with Gasteiger partial charge in [0.25, 0.3) is 11.1 Å². The van der Waals surface area contributed by atoms with E-state index in [9.17, 15) is 14.4 Å². The summed E-state index contributed by atoms with van der Waals surface area (Å²) >= 11 is 0.883. The largest absolute Gasteiger partial charge is 0.368 e. The van der Waals surface area contributed by atoms with Crippen molar-refractivity contribution in [1.29, 1.82) is 0 Å². The van der Waals surface area contributed by atoms with E-state index in [1.165, 1.54) is 0 Å². The van der Waals surface area contributed by atoms with Gasteiger partial charge in [0.1, 0.15) is 0 Å². The van der Waals surface area contributed by atoms with E-state index in [1.807, 2.05) is 31.2 Å². The second-order valence-electron chi connectivity index (χ2n) is 5.68. The summed E-state index contributed by atoms with van der Waals surface area (Å²) < 4.78 is 0. The summed E-state index contributed by atoms with van der Waals surface area (Å²) in [5.74, 6) is -0.954. The van der Waals surface area contributed by atoms with Crippen LogP contribution in [0, 0.1) is 6.92 Å². The number of amides is 3. The molecule has 1 fully saturated rings. The number of primary amides is 1. The van der Waals surface area contributed by atoms with E-state index < -0.39 is 11.3 Å². The van der Waals surface area contributed by atoms with E-state index in [0.717, 1.165) is 22.2 Å². The van der Waals surface area contributed by atoms with Gasteiger partial charge in [-0.2, -0.15) is 0 Å². The van der Waals surface area contributed by atoms with Gasteiger partial charge in [0, 0.05) is 5.69 Å². The Balaban J connectivity index is 1.95. The molecule has 0 radical (unpaired) electrons. The highest BCUT2D eigenvalue weighted by Gasteiger charge is 2.44. The van der Waals surface area contributed by atoms with Crippen molar-refractivity contribution in [2.24, 2.45) is 5.73 Å². The van der Waals surface area contributed by atoms with Crippen molar-refractivity contribution in [3.63, 3.8) is 0 Å². The first-order valence-electron chi connectivity index (χ1n) is 7.68. The molecule has 1 aliphatic rings. The maximum atomic E-state index is 12.9. The van der Waals surface area contributed by atoms with E-state index >= 15 is 0 Å². The zero-order valence-corrected chi connectivity index (χ0v) is 14.4. The van der Waals surface area contributed by atoms with Gasteiger partial charge >= 0.3 is 0 Å². The number of imide groups is 1. The van der Waals surface area contributed by atoms with Crippen LogP contribution < -0.4 is 15.5 Å². The van der Waals surface area contributed by atoms with Crippen LogP contribution in [0.3, 0.4) is 0 Å². The zero-order chi connectivity index (χ0) is 18.0. The van der Waals surface area contributed by atoms with E-state index in [2.05, 4.69) is 0 Å². The average molecular weight is 355 g/mol. The van der Waals surface area contributed by atoms with Crippen molar-refractivity contribution in [1.82, 2.24) is 0 Å². The third-order valence-electron chi connectivity index (χ3n) is 3.78. The second kappa shape index (κ2) is 6.98. The molecule has 3 amide bonds. The van der Waals surface area contributed by atoms with Crippen LogP contribution in [-0.2, 0) is 9.59 Å². The Morgan fingerprint density at radius 3 is 2.52 bits per heavy atom. The van der Waals surface area contributed by atoms with Crippen LogP contribution in [0.15, 0.2) is 54.6 Å². The number of carbonyl (C=O) groups is 3. The molecule has 1 heterocycles. The Hall–Kier alpha value is -2.80. The van der Waals surface area contributed by atoms with Crippen molar-refractivity contribution in [2.45, 2.75) is 12.3 Å². The summed E-state index contributed by atoms with van der Waals surface area (Å²) in [6.07, 6.45) is 0. The summed E-state index contributed by atoms with van der Waals surface area (Å²) in [6, 6.07) is 16.1. The fourth-order valence-electron chi connectivity index (χ4n) is 2.69. The molecule has 0 aliphatic carbocycles. The number of anilines is 2. The first kappa shape index (κ1) is 17.0. The number of benzene rings is 2. The van der Waals surface area contributed by atoms with Crippen molar-refractivity contribution < 1.29 is 14.4 Å². The number of nitrogens with zero attached hydrogens (tertiary/aromatic N) is 2. The number of para-hydroxylation sites is 1. The topological polar surface area (TPSA) is 83.7 Å². The number of aryl methyl sites for hydroxylation is 1. The smallest absolute Gasteiger partial charge is 0.295 e. The molecule has 0 aromatic heterocycles. The molecule has 128 valence electrons. The normalized spacial score (nSPS) is 17.0. The van der Waals surface area contributed by atoms with Crippen molar-refractivity contribution >= 4 is 40.2 Å². The maximum absolute atomic E-state index is 12.9. The minimum absolute atomic E-state index is 0.150. The second-order valence-corrected chi connectivity index (χ2v) is 6.71. The summed E-state index contributed by atoms with van der Waals surface area (Å²) in [6.45, 7) is 1.76. The fraction of sp³-hybridized carbons (Fsp3) is 0.167. The van der Waals surface area contributed by atoms with E-state index in [4.69, 9.17) is 5.73 Å². The maximum Gasteiger partial charge on any atom is 0.295 e. The number of hydrogen-bond donors (Lipinski definition) is 1. The molecule has 2 aromatic carbocycles. The molecule has 0 bridgehead atoms. The standard InChI is InChI=1S/C18H17N3O3S/c1-12-6-5-9-14(10-12)20(11-15(19)22)17-16(23)21(18(24)25-17)13-7-3-2-4-8-13/h2-10,17H,11H2,1H3,(H2,19,22)/t17-/m1/s1. The van der Waals surface area contributed by atoms with Gasteiger partial charge in [0.15, 0.2) is 5.37 Å². The minimum Gasteiger partial charge on any atom is -0.368 e. The van der Waals surface area contributed by atoms with Crippen LogP contribution in [0.2, 0.25) is 0 Å². The lowest BCUT2D eigenvalue weighted by Crippen LogP contribution is -2.45. The first-order chi connectivity index (χ1) is 12.0. The number of nitrogens with two attached hydrogens (primary N) is 1. The molecule has 25 heavy (non-hydrogen) atoms. The first-order valence-corrected chi connectivity index (χ1v) is 8.56. The zero-order valence-electron chi connectivity index (χ0n) is 13.6. The highest BCUT2D eigenvalue weighted by atomic mass is 32.2. The molecule has 6 nitrogen and oxygen atoms in total. The predicted molar refractivity (Wildman–Crippen MR) is 98.4 cm³/mol. The van der Waals surface area contributed by atoms with Gasteiger partial charge < -0.3 is 10.6 Å². The van der Waals surface area contributed by atoms with Gasteiger partial charge in [0.2, 0.25) is 5.91 Å². The Kier molecular flexibility index (Phi) is 4.76. The van der Waals surface area contributed by atoms with Crippen LogP contribution in [-0.4, -0.2) is 29.0 Å². The summed E-state index contributed by atoms with van der Waals surface area (Å²) in [7, 11) is 0. The lowest BCUT2D eigenvalue weighted by Gasteiger charge is -2.27. The number of rotatable bonds is 5. The van der Waals surface area contributed by atoms with E-state index in [1.54, 1.807) is 35.2 Å². The van der Waals surface area contributed by atoms with Crippen molar-refractivity contribution in [3.05, 3.63) is 60.2 Å². The molecular formula is C18H17N3O3S. The summed E-state index contributed by atoms with van der Waals surface area (Å²) in [5.41, 5.74) is 7.53. The molecule has 1 atom stereocenters. The SMILES string of the molecule is Cc1cccc(N(CC(N)=O)[C@@H]2SC(=O)N(c3ccccc3)C2=O)c1. The third kappa shape index (κ3) is 3.51. The predicted octanol–water partition coefficient (Wildman–Crippen LogP) is 2.51. The summed E-state index contributed by atoms with van der Waals surface area (Å²) in [4.78, 5) is 39.5. The molecule has 1 aliphatic heterocycles. The lowest BCUT2D eigenvalue weighted by molar-refractivity contribution is -0.117. The molecule has 3 rings (SSSR count). The summed E-state index contributed by atoms with van der Waals surface area (Å²) in [5, 5.41) is -1.20. The number of thioether (sulfide) groups is 1. The van der Waals surface area contributed by atoms with Gasteiger partial charge in [-0.25, -0.2) is 4.90 Å². The highest BCUT2D eigenvalue weighted by molar-refractivity contribution is 8.16. The Bertz CT molecular complexity index is 825. The third-order valence-corrected chi connectivity index (χ3v) is 4.85. The molecule has 2 aromatic rings. The minimum atomic E-state index is -0.831. The van der Waals surface area contributed by atoms with Crippen LogP contribution in [0.25, 0.3) is 0 Å². The van der Waals surface area contributed by atoms with Crippen molar-refractivity contribution in [3.8, 4) is 0 Å². The molecule has 0 saturated carbocycles. The molecule has 0 unspecified atom stereocenters. The lowest BCUT2D eigenvalue weighted by atomic mass is 10.2. The van der Waals surface area contributed by atoms with Gasteiger partial charge in [-0.05, 0) is 48.5 Å². The van der Waals surface area contributed by atoms with Gasteiger partial charge in [-0.1, -0.05) is 30.3 Å². The Labute approximate surface area is 149 Å². The van der Waals surface area contributed by atoms with Gasteiger partial charge in [0.05, 0.1) is 12.2 Å². The van der Waals surface area contributed by atoms with Crippen LogP contribution >= 0.6 is 11.8 Å². The van der Waals surface area contributed by atoms with Gasteiger partial charge in [-0.15, -0.1) is 0 Å². The van der Waals surface area contributed by atoms with Gasteiger partial charge in [-0.3, -0.25) is 14.4 Å². The fourth-order valence-corrected chi connectivity index (χ4v) is 3.71. The molecule has 0 spiro atoms. The monoisotopic (exact) mass is 355 g/mol. The Morgan fingerprint density at radius 2 is 1.88 bits per heavy atom. The number of carbonyl (C=O) groups excluding carboxylic acids is 3. The van der Waals surface area contributed by atoms with Crippen molar-refractivity contribution in [2.75, 3.05) is 16.3 Å².